The summed E-state index contributed by atoms with van der Waals surface area (Å²) in [5, 5.41) is 2.81. The summed E-state index contributed by atoms with van der Waals surface area (Å²) in [6.07, 6.45) is 2.46. The molecule has 0 aliphatic heterocycles. The number of aryl methyl sites for hydroxylation is 1. The van der Waals surface area contributed by atoms with Crippen molar-refractivity contribution in [2.75, 3.05) is 0 Å². The summed E-state index contributed by atoms with van der Waals surface area (Å²) in [5.41, 5.74) is 1.01. The zero-order valence-electron chi connectivity index (χ0n) is 11.7. The molecule has 0 aromatic heterocycles. The van der Waals surface area contributed by atoms with Crippen LogP contribution in [0, 0.1) is 6.92 Å². The summed E-state index contributed by atoms with van der Waals surface area (Å²) >= 11 is 0. The van der Waals surface area contributed by atoms with Crippen LogP contribution in [0.5, 0.6) is 0 Å². The average molecular weight is 296 g/mol. The first-order valence-corrected chi connectivity index (χ1v) is 8.23. The van der Waals surface area contributed by atoms with E-state index in [1.807, 2.05) is 6.92 Å². The van der Waals surface area contributed by atoms with Crippen LogP contribution in [0.3, 0.4) is 0 Å². The van der Waals surface area contributed by atoms with Crippen LogP contribution in [-0.2, 0) is 14.8 Å². The fraction of sp³-hybridized carbons (Fsp3) is 0.500. The Balaban J connectivity index is 2.11. The first-order chi connectivity index (χ1) is 9.38. The van der Waals surface area contributed by atoms with E-state index in [0.29, 0.717) is 0 Å². The van der Waals surface area contributed by atoms with E-state index < -0.39 is 10.0 Å². The van der Waals surface area contributed by atoms with E-state index >= 15 is 0 Å². The first kappa shape index (κ1) is 15.0. The quantitative estimate of drug-likeness (QED) is 0.880. The Labute approximate surface area is 119 Å². The third kappa shape index (κ3) is 3.58. The number of sulfonamides is 1. The predicted molar refractivity (Wildman–Crippen MR) is 76.7 cm³/mol. The Hall–Kier alpha value is -1.40. The molecule has 1 aromatic rings. The van der Waals surface area contributed by atoms with E-state index in [2.05, 4.69) is 10.0 Å². The molecule has 0 spiro atoms. The van der Waals surface area contributed by atoms with Gasteiger partial charge in [0.05, 0.1) is 4.90 Å². The molecule has 1 aliphatic rings. The third-order valence-electron chi connectivity index (χ3n) is 3.54. The summed E-state index contributed by atoms with van der Waals surface area (Å²) in [4.78, 5) is 11.4. The van der Waals surface area contributed by atoms with Crippen LogP contribution in [0.2, 0.25) is 0 Å². The van der Waals surface area contributed by atoms with Gasteiger partial charge in [0.1, 0.15) is 0 Å². The lowest BCUT2D eigenvalue weighted by Crippen LogP contribution is -2.47. The predicted octanol–water partition coefficient (Wildman–Crippen LogP) is 1.33. The average Bonchev–Trinajstić information content (AvgIpc) is 2.75. The fourth-order valence-electron chi connectivity index (χ4n) is 2.52. The van der Waals surface area contributed by atoms with Gasteiger partial charge in [-0.05, 0) is 38.3 Å². The van der Waals surface area contributed by atoms with Crippen molar-refractivity contribution < 1.29 is 13.2 Å². The van der Waals surface area contributed by atoms with Gasteiger partial charge in [0.15, 0.2) is 0 Å². The van der Waals surface area contributed by atoms with Crippen LogP contribution in [0.4, 0.5) is 0 Å². The summed E-state index contributed by atoms with van der Waals surface area (Å²) < 4.78 is 27.3. The minimum atomic E-state index is -3.53. The van der Waals surface area contributed by atoms with E-state index in [4.69, 9.17) is 0 Å². The van der Waals surface area contributed by atoms with Gasteiger partial charge in [0.25, 0.3) is 0 Å². The van der Waals surface area contributed by atoms with Crippen LogP contribution in [0.25, 0.3) is 0 Å². The molecule has 1 saturated carbocycles. The van der Waals surface area contributed by atoms with Crippen molar-refractivity contribution >= 4 is 15.9 Å². The molecule has 0 unspecified atom stereocenters. The zero-order chi connectivity index (χ0) is 14.8. The van der Waals surface area contributed by atoms with Crippen LogP contribution < -0.4 is 10.0 Å². The molecule has 0 radical (unpaired) electrons. The van der Waals surface area contributed by atoms with Crippen molar-refractivity contribution in [2.45, 2.75) is 50.1 Å². The molecular weight excluding hydrogens is 276 g/mol. The molecule has 0 bridgehead atoms. The highest BCUT2D eigenvalue weighted by Crippen LogP contribution is 2.21. The van der Waals surface area contributed by atoms with Crippen LogP contribution in [0.1, 0.15) is 31.7 Å². The highest BCUT2D eigenvalue weighted by molar-refractivity contribution is 7.89. The molecule has 0 heterocycles. The molecule has 20 heavy (non-hydrogen) atoms. The topological polar surface area (TPSA) is 75.3 Å². The summed E-state index contributed by atoms with van der Waals surface area (Å²) in [5.74, 6) is -0.128. The van der Waals surface area contributed by atoms with E-state index in [-0.39, 0.29) is 22.9 Å². The smallest absolute Gasteiger partial charge is 0.240 e. The molecular formula is C14H20N2O3S. The standard InChI is InChI=1S/C14H20N2O3S/c1-10-6-8-12(9-7-10)20(18,19)16-14-5-3-4-13(14)15-11(2)17/h6-9,13-14,16H,3-5H2,1-2H3,(H,15,17)/t13-,14-/m1/s1. The number of carbonyl (C=O) groups is 1. The molecule has 110 valence electrons. The third-order valence-corrected chi connectivity index (χ3v) is 5.05. The van der Waals surface area contributed by atoms with Crippen molar-refractivity contribution in [3.8, 4) is 0 Å². The first-order valence-electron chi connectivity index (χ1n) is 6.74. The molecule has 1 amide bonds. The van der Waals surface area contributed by atoms with Crippen molar-refractivity contribution in [3.63, 3.8) is 0 Å². The molecule has 2 N–H and O–H groups in total. The number of carbonyl (C=O) groups excluding carboxylic acids is 1. The lowest BCUT2D eigenvalue weighted by atomic mass is 10.2. The maximum absolute atomic E-state index is 12.3. The Morgan fingerprint density at radius 2 is 1.75 bits per heavy atom. The van der Waals surface area contributed by atoms with Gasteiger partial charge in [-0.2, -0.15) is 0 Å². The zero-order valence-corrected chi connectivity index (χ0v) is 12.5. The summed E-state index contributed by atoms with van der Waals surface area (Å²) in [6.45, 7) is 3.36. The van der Waals surface area contributed by atoms with Gasteiger partial charge in [-0.25, -0.2) is 13.1 Å². The Morgan fingerprint density at radius 1 is 1.15 bits per heavy atom. The number of hydrogen-bond acceptors (Lipinski definition) is 3. The summed E-state index contributed by atoms with van der Waals surface area (Å²) in [7, 11) is -3.53. The number of nitrogens with one attached hydrogen (secondary N) is 2. The normalized spacial score (nSPS) is 22.7. The molecule has 6 heteroatoms. The maximum Gasteiger partial charge on any atom is 0.240 e. The second kappa shape index (κ2) is 5.93. The molecule has 5 nitrogen and oxygen atoms in total. The lowest BCUT2D eigenvalue weighted by Gasteiger charge is -2.21. The second-order valence-corrected chi connectivity index (χ2v) is 6.99. The largest absolute Gasteiger partial charge is 0.352 e. The van der Waals surface area contributed by atoms with E-state index in [1.54, 1.807) is 24.3 Å². The number of rotatable bonds is 4. The van der Waals surface area contributed by atoms with E-state index in [9.17, 15) is 13.2 Å². The molecule has 2 atom stereocenters. The van der Waals surface area contributed by atoms with Crippen molar-refractivity contribution in [1.29, 1.82) is 0 Å². The van der Waals surface area contributed by atoms with Gasteiger partial charge in [-0.3, -0.25) is 4.79 Å². The minimum Gasteiger partial charge on any atom is -0.352 e. The minimum absolute atomic E-state index is 0.118. The number of benzene rings is 1. The van der Waals surface area contributed by atoms with E-state index in [1.165, 1.54) is 6.92 Å². The molecule has 1 fully saturated rings. The van der Waals surface area contributed by atoms with Crippen LogP contribution in [-0.4, -0.2) is 26.4 Å². The SMILES string of the molecule is CC(=O)N[C@@H]1CCC[C@H]1NS(=O)(=O)c1ccc(C)cc1. The lowest BCUT2D eigenvalue weighted by molar-refractivity contribution is -0.119. The highest BCUT2D eigenvalue weighted by Gasteiger charge is 2.31. The van der Waals surface area contributed by atoms with Crippen LogP contribution >= 0.6 is 0 Å². The summed E-state index contributed by atoms with van der Waals surface area (Å²) in [6, 6.07) is 6.39. The van der Waals surface area contributed by atoms with Crippen LogP contribution in [0.15, 0.2) is 29.2 Å². The van der Waals surface area contributed by atoms with Crippen molar-refractivity contribution in [2.24, 2.45) is 0 Å². The molecule has 1 aliphatic carbocycles. The van der Waals surface area contributed by atoms with Gasteiger partial charge in [-0.15, -0.1) is 0 Å². The van der Waals surface area contributed by atoms with Gasteiger partial charge in [0, 0.05) is 19.0 Å². The Morgan fingerprint density at radius 3 is 2.35 bits per heavy atom. The van der Waals surface area contributed by atoms with Gasteiger partial charge >= 0.3 is 0 Å². The highest BCUT2D eigenvalue weighted by atomic mass is 32.2. The monoisotopic (exact) mass is 296 g/mol. The van der Waals surface area contributed by atoms with Gasteiger partial charge < -0.3 is 5.32 Å². The maximum atomic E-state index is 12.3. The van der Waals surface area contributed by atoms with E-state index in [0.717, 1.165) is 24.8 Å². The number of amides is 1. The molecule has 2 rings (SSSR count). The Bertz CT molecular complexity index is 581. The number of hydrogen-bond donors (Lipinski definition) is 2. The van der Waals surface area contributed by atoms with Gasteiger partial charge in [0.2, 0.25) is 15.9 Å². The fourth-order valence-corrected chi connectivity index (χ4v) is 3.83. The van der Waals surface area contributed by atoms with Gasteiger partial charge in [-0.1, -0.05) is 17.7 Å². The van der Waals surface area contributed by atoms with Crippen molar-refractivity contribution in [3.05, 3.63) is 29.8 Å². The molecule has 1 aromatic carbocycles. The second-order valence-electron chi connectivity index (χ2n) is 5.28. The molecule has 0 saturated heterocycles. The van der Waals surface area contributed by atoms with Crippen molar-refractivity contribution in [1.82, 2.24) is 10.0 Å². The Kier molecular flexibility index (Phi) is 4.45.